The van der Waals surface area contributed by atoms with Gasteiger partial charge in [0.2, 0.25) is 0 Å². The molecule has 96 valence electrons. The molecule has 0 saturated carbocycles. The first-order valence-electron chi connectivity index (χ1n) is 5.97. The average Bonchev–Trinajstić information content (AvgIpc) is 2.37. The second-order valence-electron chi connectivity index (χ2n) is 3.89. The van der Waals surface area contributed by atoms with Gasteiger partial charge in [-0.05, 0) is 24.1 Å². The molecule has 3 N–H and O–H groups in total. The van der Waals surface area contributed by atoms with Gasteiger partial charge in [-0.2, -0.15) is 0 Å². The van der Waals surface area contributed by atoms with Gasteiger partial charge in [0.1, 0.15) is 18.5 Å². The van der Waals surface area contributed by atoms with Gasteiger partial charge in [-0.3, -0.25) is 0 Å². The van der Waals surface area contributed by atoms with E-state index in [0.29, 0.717) is 13.1 Å². The van der Waals surface area contributed by atoms with Crippen molar-refractivity contribution in [2.75, 3.05) is 26.3 Å². The number of aryl methyl sites for hydroxylation is 1. The van der Waals surface area contributed by atoms with E-state index in [2.05, 4.69) is 12.2 Å². The minimum absolute atomic E-state index is 0.0755. The average molecular weight is 239 g/mol. The van der Waals surface area contributed by atoms with E-state index in [-0.39, 0.29) is 13.2 Å². The molecule has 4 nitrogen and oxygen atoms in total. The molecule has 0 bridgehead atoms. The molecule has 0 aliphatic heterocycles. The summed E-state index contributed by atoms with van der Waals surface area (Å²) in [7, 11) is 0. The summed E-state index contributed by atoms with van der Waals surface area (Å²) in [5, 5.41) is 21.0. The molecule has 1 aromatic carbocycles. The van der Waals surface area contributed by atoms with Crippen molar-refractivity contribution >= 4 is 0 Å². The minimum Gasteiger partial charge on any atom is -0.491 e. The van der Waals surface area contributed by atoms with Crippen molar-refractivity contribution in [3.63, 3.8) is 0 Å². The summed E-state index contributed by atoms with van der Waals surface area (Å²) in [4.78, 5) is 0. The molecule has 0 fully saturated rings. The van der Waals surface area contributed by atoms with Gasteiger partial charge < -0.3 is 20.3 Å². The van der Waals surface area contributed by atoms with E-state index in [0.717, 1.165) is 12.2 Å². The van der Waals surface area contributed by atoms with Crippen molar-refractivity contribution in [1.82, 2.24) is 5.32 Å². The summed E-state index contributed by atoms with van der Waals surface area (Å²) in [6, 6.07) is 7.86. The third-order valence-corrected chi connectivity index (χ3v) is 2.44. The Morgan fingerprint density at radius 3 is 2.59 bits per heavy atom. The standard InChI is InChI=1S/C13H21NO3/c1-2-11-3-5-13(6-4-11)17-10-12(16)9-14-7-8-15/h3-6,12,14-16H,2,7-10H2,1H3. The molecule has 0 aliphatic rings. The predicted octanol–water partition coefficient (Wildman–Crippen LogP) is 0.571. The van der Waals surface area contributed by atoms with Crippen LogP contribution in [-0.4, -0.2) is 42.6 Å². The summed E-state index contributed by atoms with van der Waals surface area (Å²) in [5.41, 5.74) is 1.27. The van der Waals surface area contributed by atoms with E-state index in [1.807, 2.05) is 24.3 Å². The van der Waals surface area contributed by atoms with Gasteiger partial charge in [0.15, 0.2) is 0 Å². The number of aliphatic hydroxyl groups is 2. The van der Waals surface area contributed by atoms with Gasteiger partial charge in [0.25, 0.3) is 0 Å². The van der Waals surface area contributed by atoms with Crippen molar-refractivity contribution in [3.8, 4) is 5.75 Å². The monoisotopic (exact) mass is 239 g/mol. The molecule has 0 heterocycles. The fourth-order valence-electron chi connectivity index (χ4n) is 1.42. The number of rotatable bonds is 8. The molecule has 17 heavy (non-hydrogen) atoms. The van der Waals surface area contributed by atoms with Gasteiger partial charge in [0, 0.05) is 13.1 Å². The van der Waals surface area contributed by atoms with Crippen molar-refractivity contribution in [3.05, 3.63) is 29.8 Å². The summed E-state index contributed by atoms with van der Waals surface area (Å²) >= 11 is 0. The van der Waals surface area contributed by atoms with Crippen LogP contribution in [0.15, 0.2) is 24.3 Å². The SMILES string of the molecule is CCc1ccc(OCC(O)CNCCO)cc1. The maximum Gasteiger partial charge on any atom is 0.119 e. The van der Waals surface area contributed by atoms with Gasteiger partial charge in [-0.15, -0.1) is 0 Å². The lowest BCUT2D eigenvalue weighted by atomic mass is 10.2. The summed E-state index contributed by atoms with van der Waals surface area (Å²) in [5.74, 6) is 0.767. The number of benzene rings is 1. The van der Waals surface area contributed by atoms with Crippen LogP contribution in [0, 0.1) is 0 Å². The van der Waals surface area contributed by atoms with Crippen LogP contribution in [0.5, 0.6) is 5.75 Å². The van der Waals surface area contributed by atoms with Crippen molar-refractivity contribution in [2.45, 2.75) is 19.4 Å². The highest BCUT2D eigenvalue weighted by Gasteiger charge is 2.04. The largest absolute Gasteiger partial charge is 0.491 e. The van der Waals surface area contributed by atoms with E-state index < -0.39 is 6.10 Å². The highest BCUT2D eigenvalue weighted by molar-refractivity contribution is 5.27. The Morgan fingerprint density at radius 1 is 1.29 bits per heavy atom. The molecule has 1 unspecified atom stereocenters. The molecule has 0 saturated heterocycles. The zero-order valence-corrected chi connectivity index (χ0v) is 10.2. The number of hydrogen-bond acceptors (Lipinski definition) is 4. The summed E-state index contributed by atoms with van der Waals surface area (Å²) in [6.45, 7) is 3.35. The van der Waals surface area contributed by atoms with E-state index >= 15 is 0 Å². The number of nitrogens with one attached hydrogen (secondary N) is 1. The molecule has 0 spiro atoms. The second-order valence-corrected chi connectivity index (χ2v) is 3.89. The first-order chi connectivity index (χ1) is 8.26. The lowest BCUT2D eigenvalue weighted by Crippen LogP contribution is -2.32. The Hall–Kier alpha value is -1.10. The van der Waals surface area contributed by atoms with Crippen molar-refractivity contribution in [2.24, 2.45) is 0 Å². The fraction of sp³-hybridized carbons (Fsp3) is 0.538. The zero-order valence-electron chi connectivity index (χ0n) is 10.2. The third-order valence-electron chi connectivity index (χ3n) is 2.44. The second kappa shape index (κ2) is 8.06. The van der Waals surface area contributed by atoms with Gasteiger partial charge in [-0.1, -0.05) is 19.1 Å². The van der Waals surface area contributed by atoms with Crippen LogP contribution < -0.4 is 10.1 Å². The highest BCUT2D eigenvalue weighted by Crippen LogP contribution is 2.12. The summed E-state index contributed by atoms with van der Waals surface area (Å²) < 4.78 is 5.45. The Kier molecular flexibility index (Phi) is 6.62. The van der Waals surface area contributed by atoms with Crippen LogP contribution in [0.3, 0.4) is 0 Å². The lowest BCUT2D eigenvalue weighted by Gasteiger charge is -2.13. The molecule has 4 heteroatoms. The first-order valence-corrected chi connectivity index (χ1v) is 5.97. The number of hydrogen-bond donors (Lipinski definition) is 3. The molecule has 1 rings (SSSR count). The summed E-state index contributed by atoms with van der Waals surface area (Å²) in [6.07, 6.45) is 0.445. The number of aliphatic hydroxyl groups excluding tert-OH is 2. The first kappa shape index (κ1) is 14.0. The van der Waals surface area contributed by atoms with Crippen LogP contribution in [0.4, 0.5) is 0 Å². The quantitative estimate of drug-likeness (QED) is 0.580. The third kappa shape index (κ3) is 5.68. The normalized spacial score (nSPS) is 12.4. The lowest BCUT2D eigenvalue weighted by molar-refractivity contribution is 0.105. The van der Waals surface area contributed by atoms with Crippen LogP contribution in [0.1, 0.15) is 12.5 Å². The van der Waals surface area contributed by atoms with Gasteiger partial charge in [0.05, 0.1) is 6.61 Å². The molecular formula is C13H21NO3. The van der Waals surface area contributed by atoms with E-state index in [1.165, 1.54) is 5.56 Å². The van der Waals surface area contributed by atoms with E-state index in [9.17, 15) is 5.11 Å². The molecule has 0 radical (unpaired) electrons. The highest BCUT2D eigenvalue weighted by atomic mass is 16.5. The van der Waals surface area contributed by atoms with Crippen LogP contribution in [0.2, 0.25) is 0 Å². The molecule has 0 amide bonds. The maximum atomic E-state index is 9.57. The van der Waals surface area contributed by atoms with Crippen LogP contribution in [-0.2, 0) is 6.42 Å². The smallest absolute Gasteiger partial charge is 0.119 e. The predicted molar refractivity (Wildman–Crippen MR) is 67.3 cm³/mol. The van der Waals surface area contributed by atoms with Gasteiger partial charge in [-0.25, -0.2) is 0 Å². The van der Waals surface area contributed by atoms with Crippen LogP contribution in [0.25, 0.3) is 0 Å². The Morgan fingerprint density at radius 2 is 2.00 bits per heavy atom. The zero-order chi connectivity index (χ0) is 12.5. The van der Waals surface area contributed by atoms with Crippen molar-refractivity contribution in [1.29, 1.82) is 0 Å². The Balaban J connectivity index is 2.24. The fourth-order valence-corrected chi connectivity index (χ4v) is 1.42. The van der Waals surface area contributed by atoms with E-state index in [4.69, 9.17) is 9.84 Å². The van der Waals surface area contributed by atoms with Crippen LogP contribution >= 0.6 is 0 Å². The minimum atomic E-state index is -0.563. The Labute approximate surface area is 102 Å². The Bertz CT molecular complexity index is 300. The molecule has 0 aliphatic carbocycles. The number of ether oxygens (including phenoxy) is 1. The topological polar surface area (TPSA) is 61.7 Å². The molecule has 1 aromatic rings. The van der Waals surface area contributed by atoms with Crippen molar-refractivity contribution < 1.29 is 14.9 Å². The van der Waals surface area contributed by atoms with E-state index in [1.54, 1.807) is 0 Å². The molecule has 0 aromatic heterocycles. The molecular weight excluding hydrogens is 218 g/mol. The molecule has 1 atom stereocenters. The maximum absolute atomic E-state index is 9.57. The van der Waals surface area contributed by atoms with Gasteiger partial charge >= 0.3 is 0 Å².